The third kappa shape index (κ3) is 3.54. The monoisotopic (exact) mass is 460 g/mol. The van der Waals surface area contributed by atoms with Crippen LogP contribution in [0.25, 0.3) is 0 Å². The van der Waals surface area contributed by atoms with E-state index in [1.54, 1.807) is 6.07 Å². The van der Waals surface area contributed by atoms with Gasteiger partial charge in [0.25, 0.3) is 5.91 Å². The van der Waals surface area contributed by atoms with Gasteiger partial charge in [-0.05, 0) is 61.3 Å². The van der Waals surface area contributed by atoms with Crippen molar-refractivity contribution in [3.05, 3.63) is 29.3 Å². The number of hydrogen-bond donors (Lipinski definition) is 1. The number of imide groups is 1. The van der Waals surface area contributed by atoms with Crippen molar-refractivity contribution in [3.63, 3.8) is 0 Å². The average Bonchev–Trinajstić information content (AvgIpc) is 3.35. The number of nitrogens with zero attached hydrogens (tertiary/aromatic N) is 3. The topological polar surface area (TPSA) is 90.0 Å². The van der Waals surface area contributed by atoms with E-state index in [-0.39, 0.29) is 24.5 Å². The molecule has 2 saturated heterocycles. The number of urea groups is 1. The van der Waals surface area contributed by atoms with Gasteiger partial charge in [-0.3, -0.25) is 9.69 Å². The second kappa shape index (κ2) is 8.11. The molecule has 1 spiro atoms. The molecule has 2 heterocycles. The number of aryl methyl sites for hydroxylation is 2. The number of carbonyl (C=O) groups excluding carboxylic acids is 2. The van der Waals surface area contributed by atoms with Crippen molar-refractivity contribution in [1.29, 1.82) is 0 Å². The van der Waals surface area contributed by atoms with E-state index in [2.05, 4.69) is 5.32 Å². The molecule has 2 unspecified atom stereocenters. The maximum Gasteiger partial charge on any atom is 0.326 e. The normalized spacial score (nSPS) is 29.5. The van der Waals surface area contributed by atoms with Crippen LogP contribution in [0.15, 0.2) is 23.1 Å². The van der Waals surface area contributed by atoms with Crippen molar-refractivity contribution >= 4 is 22.0 Å². The Hall–Kier alpha value is -1.97. The van der Waals surface area contributed by atoms with Gasteiger partial charge in [0.15, 0.2) is 0 Å². The Morgan fingerprint density at radius 1 is 1.03 bits per heavy atom. The van der Waals surface area contributed by atoms with Crippen molar-refractivity contribution in [3.8, 4) is 0 Å². The second-order valence-electron chi connectivity index (χ2n) is 9.73. The summed E-state index contributed by atoms with van der Waals surface area (Å²) in [6.45, 7) is 3.94. The molecule has 0 aromatic heterocycles. The van der Waals surface area contributed by atoms with Gasteiger partial charge in [-0.25, -0.2) is 18.1 Å². The van der Waals surface area contributed by atoms with Crippen LogP contribution in [0.4, 0.5) is 4.79 Å². The molecule has 0 bridgehead atoms. The van der Waals surface area contributed by atoms with Gasteiger partial charge in [-0.2, -0.15) is 4.31 Å². The number of benzene rings is 1. The number of piperazine rings is 1. The van der Waals surface area contributed by atoms with Crippen LogP contribution in [-0.4, -0.2) is 72.8 Å². The van der Waals surface area contributed by atoms with E-state index >= 15 is 0 Å². The predicted molar refractivity (Wildman–Crippen MR) is 119 cm³/mol. The maximum absolute atomic E-state index is 13.2. The van der Waals surface area contributed by atoms with E-state index in [1.165, 1.54) is 14.8 Å². The SMILES string of the molecule is CC1CCCCC12NC(=O)N(CN1CCN(S(=O)(=O)c3ccc4c(c3)CCC4)CC1)C2=O. The number of hydrogen-bond acceptors (Lipinski definition) is 5. The maximum atomic E-state index is 13.2. The molecule has 1 N–H and O–H groups in total. The standard InChI is InChI=1S/C23H32N4O4S/c1-17-5-2-3-10-23(17)21(28)27(22(29)24-23)16-25-11-13-26(14-12-25)32(30,31)20-9-8-18-6-4-7-19(18)15-20/h8-9,15,17H,2-7,10-14,16H2,1H3,(H,24,29). The van der Waals surface area contributed by atoms with Crippen LogP contribution in [0, 0.1) is 5.92 Å². The highest BCUT2D eigenvalue weighted by Crippen LogP contribution is 2.38. The largest absolute Gasteiger partial charge is 0.326 e. The zero-order chi connectivity index (χ0) is 22.5. The van der Waals surface area contributed by atoms with Crippen LogP contribution in [0.3, 0.4) is 0 Å². The number of sulfonamides is 1. The van der Waals surface area contributed by atoms with Crippen molar-refractivity contribution in [1.82, 2.24) is 19.4 Å². The number of carbonyl (C=O) groups is 2. The third-order valence-corrected chi connectivity index (χ3v) is 9.78. The van der Waals surface area contributed by atoms with E-state index in [0.717, 1.165) is 44.1 Å². The molecule has 8 nitrogen and oxygen atoms in total. The Bertz CT molecular complexity index is 1030. The fourth-order valence-corrected chi connectivity index (χ4v) is 7.27. The lowest BCUT2D eigenvalue weighted by atomic mass is 9.73. The van der Waals surface area contributed by atoms with Crippen molar-refractivity contribution < 1.29 is 18.0 Å². The van der Waals surface area contributed by atoms with E-state index in [1.807, 2.05) is 24.0 Å². The summed E-state index contributed by atoms with van der Waals surface area (Å²) in [7, 11) is -3.54. The Morgan fingerprint density at radius 3 is 2.53 bits per heavy atom. The summed E-state index contributed by atoms with van der Waals surface area (Å²) in [5.74, 6) is 0.00917. The van der Waals surface area contributed by atoms with Crippen LogP contribution in [0.5, 0.6) is 0 Å². The van der Waals surface area contributed by atoms with Crippen molar-refractivity contribution in [2.75, 3.05) is 32.8 Å². The van der Waals surface area contributed by atoms with Crippen molar-refractivity contribution in [2.24, 2.45) is 5.92 Å². The minimum atomic E-state index is -3.54. The van der Waals surface area contributed by atoms with Gasteiger partial charge in [0.1, 0.15) is 5.54 Å². The molecule has 3 amide bonds. The predicted octanol–water partition coefficient (Wildman–Crippen LogP) is 1.94. The van der Waals surface area contributed by atoms with E-state index in [9.17, 15) is 18.0 Å². The van der Waals surface area contributed by atoms with Gasteiger partial charge in [-0.15, -0.1) is 0 Å². The highest BCUT2D eigenvalue weighted by Gasteiger charge is 2.55. The lowest BCUT2D eigenvalue weighted by molar-refractivity contribution is -0.135. The van der Waals surface area contributed by atoms with Gasteiger partial charge in [0.2, 0.25) is 10.0 Å². The molecule has 1 aromatic rings. The van der Waals surface area contributed by atoms with Gasteiger partial charge < -0.3 is 5.32 Å². The molecule has 1 saturated carbocycles. The molecule has 4 aliphatic rings. The summed E-state index contributed by atoms with van der Waals surface area (Å²) in [6.07, 6.45) is 6.73. The summed E-state index contributed by atoms with van der Waals surface area (Å²) < 4.78 is 27.8. The molecule has 2 atom stereocenters. The van der Waals surface area contributed by atoms with Gasteiger partial charge in [0.05, 0.1) is 11.6 Å². The van der Waals surface area contributed by atoms with E-state index < -0.39 is 15.6 Å². The molecule has 1 aromatic carbocycles. The van der Waals surface area contributed by atoms with Crippen LogP contribution in [0.1, 0.15) is 50.2 Å². The molecule has 9 heteroatoms. The lowest BCUT2D eigenvalue weighted by Gasteiger charge is -2.38. The average molecular weight is 461 g/mol. The highest BCUT2D eigenvalue weighted by molar-refractivity contribution is 7.89. The summed E-state index contributed by atoms with van der Waals surface area (Å²) in [5.41, 5.74) is 1.65. The quantitative estimate of drug-likeness (QED) is 0.694. The first-order chi connectivity index (χ1) is 15.3. The number of rotatable bonds is 4. The fourth-order valence-electron chi connectivity index (χ4n) is 5.79. The molecule has 32 heavy (non-hydrogen) atoms. The lowest BCUT2D eigenvalue weighted by Crippen LogP contribution is -2.55. The van der Waals surface area contributed by atoms with Gasteiger partial charge in [0, 0.05) is 26.2 Å². The fraction of sp³-hybridized carbons (Fsp3) is 0.652. The minimum absolute atomic E-state index is 0.122. The first kappa shape index (κ1) is 21.9. The third-order valence-electron chi connectivity index (χ3n) is 7.88. The molecule has 3 fully saturated rings. The first-order valence-corrected chi connectivity index (χ1v) is 13.2. The van der Waals surface area contributed by atoms with E-state index in [0.29, 0.717) is 37.5 Å². The second-order valence-corrected chi connectivity index (χ2v) is 11.7. The minimum Gasteiger partial charge on any atom is -0.323 e. The Morgan fingerprint density at radius 2 is 1.78 bits per heavy atom. The molecule has 5 rings (SSSR count). The zero-order valence-corrected chi connectivity index (χ0v) is 19.5. The molecule has 174 valence electrons. The molecular formula is C23H32N4O4S. The highest BCUT2D eigenvalue weighted by atomic mass is 32.2. The van der Waals surface area contributed by atoms with Gasteiger partial charge >= 0.3 is 6.03 Å². The van der Waals surface area contributed by atoms with Gasteiger partial charge in [-0.1, -0.05) is 25.8 Å². The van der Waals surface area contributed by atoms with Crippen molar-refractivity contribution in [2.45, 2.75) is 62.3 Å². The molecule has 2 aliphatic heterocycles. The first-order valence-electron chi connectivity index (χ1n) is 11.8. The summed E-state index contributed by atoms with van der Waals surface area (Å²) in [6, 6.07) is 5.19. The Kier molecular flexibility index (Phi) is 5.54. The summed E-state index contributed by atoms with van der Waals surface area (Å²) in [5, 5.41) is 2.99. The Balaban J connectivity index is 1.22. The van der Waals surface area contributed by atoms with Crippen LogP contribution in [-0.2, 0) is 27.7 Å². The molecule has 0 radical (unpaired) electrons. The van der Waals surface area contributed by atoms with Crippen LogP contribution < -0.4 is 5.32 Å². The smallest absolute Gasteiger partial charge is 0.323 e. The van der Waals surface area contributed by atoms with E-state index in [4.69, 9.17) is 0 Å². The Labute approximate surface area is 190 Å². The molecular weight excluding hydrogens is 428 g/mol. The summed E-state index contributed by atoms with van der Waals surface area (Å²) in [4.78, 5) is 29.5. The zero-order valence-electron chi connectivity index (χ0n) is 18.7. The number of nitrogens with one attached hydrogen (secondary N) is 1. The number of amides is 3. The summed E-state index contributed by atoms with van der Waals surface area (Å²) >= 11 is 0. The molecule has 2 aliphatic carbocycles. The van der Waals surface area contributed by atoms with Crippen LogP contribution >= 0.6 is 0 Å². The number of fused-ring (bicyclic) bond motifs is 1. The van der Waals surface area contributed by atoms with Crippen LogP contribution in [0.2, 0.25) is 0 Å².